The molecule has 0 aliphatic carbocycles. The van der Waals surface area contributed by atoms with E-state index < -0.39 is 49.5 Å². The average Bonchev–Trinajstić information content (AvgIpc) is 3.47. The number of aliphatic hydroxyl groups excluding tert-OH is 5. The predicted molar refractivity (Wildman–Crippen MR) is 338 cm³/mol. The smallest absolute Gasteiger partial charge is 0.305 e. The molecule has 1 aliphatic heterocycles. The molecule has 0 aromatic heterocycles. The Bertz CT molecular complexity index is 1440. The summed E-state index contributed by atoms with van der Waals surface area (Å²) in [5, 5.41) is 54.3. The third-order valence-electron chi connectivity index (χ3n) is 16.5. The Hall–Kier alpha value is -2.12. The van der Waals surface area contributed by atoms with Gasteiger partial charge < -0.3 is 45.1 Å². The summed E-state index contributed by atoms with van der Waals surface area (Å²) in [6.45, 7) is 4.31. The van der Waals surface area contributed by atoms with Gasteiger partial charge in [-0.25, -0.2) is 0 Å². The molecule has 0 spiro atoms. The van der Waals surface area contributed by atoms with Crippen molar-refractivity contribution in [2.75, 3.05) is 19.8 Å². The lowest BCUT2D eigenvalue weighted by molar-refractivity contribution is -0.302. The number of amides is 1. The standard InChI is InChI=1S/C70H131NO10/c1-3-5-7-9-11-13-37-42-46-50-54-58-66(75)79-59-55-51-47-43-39-36-34-32-30-28-26-24-22-20-18-16-15-17-19-21-23-25-27-29-31-33-35-38-41-45-49-53-57-65(74)71-62(61-80-70-69(78)68(77)67(76)64(60-72)81-70)63(73)56-52-48-44-40-14-12-10-8-6-4-2/h9,11,18,20,52,56,62-64,67-70,72-73,76-78H,3-8,10,12-17,19,21-51,53-55,57-61H2,1-2H3,(H,71,74)/b11-9-,20-18-,56-52+. The van der Waals surface area contributed by atoms with Crippen LogP contribution in [0.1, 0.15) is 335 Å². The van der Waals surface area contributed by atoms with E-state index in [2.05, 4.69) is 43.5 Å². The summed E-state index contributed by atoms with van der Waals surface area (Å²) in [5.41, 5.74) is 0. The molecule has 1 heterocycles. The summed E-state index contributed by atoms with van der Waals surface area (Å²) < 4.78 is 16.7. The summed E-state index contributed by atoms with van der Waals surface area (Å²) >= 11 is 0. The minimum absolute atomic E-state index is 0.000479. The molecule has 0 radical (unpaired) electrons. The Morgan fingerprint density at radius 1 is 0.444 bits per heavy atom. The quantitative estimate of drug-likeness (QED) is 0.0195. The maximum Gasteiger partial charge on any atom is 0.305 e. The van der Waals surface area contributed by atoms with Gasteiger partial charge in [-0.1, -0.05) is 281 Å². The summed E-state index contributed by atoms with van der Waals surface area (Å²) in [6.07, 6.45) is 65.8. The summed E-state index contributed by atoms with van der Waals surface area (Å²) in [4.78, 5) is 25.0. The van der Waals surface area contributed by atoms with Crippen LogP contribution in [-0.2, 0) is 23.8 Å². The summed E-state index contributed by atoms with van der Waals surface area (Å²) in [5.74, 6) is -0.180. The second-order valence-electron chi connectivity index (χ2n) is 24.2. The molecular weight excluding hydrogens is 1010 g/mol. The van der Waals surface area contributed by atoms with E-state index in [0.717, 1.165) is 57.8 Å². The molecule has 1 fully saturated rings. The lowest BCUT2D eigenvalue weighted by atomic mass is 9.99. The molecule has 1 amide bonds. The van der Waals surface area contributed by atoms with Crippen LogP contribution in [0.15, 0.2) is 36.5 Å². The first-order chi connectivity index (χ1) is 39.7. The number of esters is 1. The van der Waals surface area contributed by atoms with Crippen molar-refractivity contribution in [2.45, 2.75) is 378 Å². The van der Waals surface area contributed by atoms with Crippen LogP contribution in [0.4, 0.5) is 0 Å². The van der Waals surface area contributed by atoms with E-state index in [-0.39, 0.29) is 18.5 Å². The number of hydrogen-bond acceptors (Lipinski definition) is 10. The lowest BCUT2D eigenvalue weighted by Crippen LogP contribution is -2.60. The Balaban J connectivity index is 1.93. The van der Waals surface area contributed by atoms with Gasteiger partial charge in [0.1, 0.15) is 24.4 Å². The Kier molecular flexibility index (Phi) is 56.6. The fraction of sp³-hybridized carbons (Fsp3) is 0.886. The highest BCUT2D eigenvalue weighted by Crippen LogP contribution is 2.23. The first kappa shape index (κ1) is 76.9. The van der Waals surface area contributed by atoms with Gasteiger partial charge in [0.25, 0.3) is 0 Å². The zero-order chi connectivity index (χ0) is 58.7. The molecule has 7 unspecified atom stereocenters. The van der Waals surface area contributed by atoms with Crippen molar-refractivity contribution < 1.29 is 49.3 Å². The van der Waals surface area contributed by atoms with Crippen molar-refractivity contribution in [3.63, 3.8) is 0 Å². The van der Waals surface area contributed by atoms with Crippen LogP contribution in [0.2, 0.25) is 0 Å². The van der Waals surface area contributed by atoms with Crippen molar-refractivity contribution in [3.05, 3.63) is 36.5 Å². The van der Waals surface area contributed by atoms with Crippen molar-refractivity contribution in [3.8, 4) is 0 Å². The minimum Gasteiger partial charge on any atom is -0.466 e. The van der Waals surface area contributed by atoms with Gasteiger partial charge in [0.15, 0.2) is 6.29 Å². The lowest BCUT2D eigenvalue weighted by Gasteiger charge is -2.40. The van der Waals surface area contributed by atoms with Crippen molar-refractivity contribution in [2.24, 2.45) is 0 Å². The van der Waals surface area contributed by atoms with Gasteiger partial charge in [-0.3, -0.25) is 9.59 Å². The van der Waals surface area contributed by atoms with E-state index in [1.54, 1.807) is 6.08 Å². The van der Waals surface area contributed by atoms with Crippen molar-refractivity contribution in [1.82, 2.24) is 5.32 Å². The van der Waals surface area contributed by atoms with E-state index in [9.17, 15) is 35.1 Å². The SMILES string of the molecule is CCCC/C=C\CCCCCCCC(=O)OCCCCCCCCCCCCCC/C=C\CCCCCCCCCCCCCCCCCCC(=O)NC(COC1OC(CO)C(O)C(O)C1O)C(O)/C=C/CCCCCCCCCC. The number of ether oxygens (including phenoxy) is 3. The van der Waals surface area contributed by atoms with Crippen LogP contribution in [0.25, 0.3) is 0 Å². The largest absolute Gasteiger partial charge is 0.466 e. The molecule has 0 bridgehead atoms. The average molecular weight is 1150 g/mol. The zero-order valence-electron chi connectivity index (χ0n) is 52.8. The zero-order valence-corrected chi connectivity index (χ0v) is 52.8. The molecular formula is C70H131NO10. The first-order valence-corrected chi connectivity index (χ1v) is 34.8. The normalized spacial score (nSPS) is 18.4. The Morgan fingerprint density at radius 2 is 0.802 bits per heavy atom. The van der Waals surface area contributed by atoms with Gasteiger partial charge in [-0.15, -0.1) is 0 Å². The van der Waals surface area contributed by atoms with Crippen LogP contribution in [-0.4, -0.2) is 100 Å². The fourth-order valence-corrected chi connectivity index (χ4v) is 10.9. The molecule has 1 rings (SSSR count). The number of carbonyl (C=O) groups excluding carboxylic acids is 2. The fourth-order valence-electron chi connectivity index (χ4n) is 10.9. The predicted octanol–water partition coefficient (Wildman–Crippen LogP) is 17.4. The Morgan fingerprint density at radius 3 is 1.22 bits per heavy atom. The molecule has 6 N–H and O–H groups in total. The molecule has 11 nitrogen and oxygen atoms in total. The van der Waals surface area contributed by atoms with Crippen LogP contribution >= 0.6 is 0 Å². The molecule has 81 heavy (non-hydrogen) atoms. The number of nitrogens with one attached hydrogen (secondary N) is 1. The van der Waals surface area contributed by atoms with E-state index >= 15 is 0 Å². The minimum atomic E-state index is -1.57. The molecule has 7 atom stereocenters. The van der Waals surface area contributed by atoms with Crippen LogP contribution < -0.4 is 5.32 Å². The topological polar surface area (TPSA) is 175 Å². The highest BCUT2D eigenvalue weighted by atomic mass is 16.7. The van der Waals surface area contributed by atoms with E-state index in [1.807, 2.05) is 6.08 Å². The van der Waals surface area contributed by atoms with Gasteiger partial charge >= 0.3 is 5.97 Å². The van der Waals surface area contributed by atoms with E-state index in [4.69, 9.17) is 14.2 Å². The van der Waals surface area contributed by atoms with E-state index in [0.29, 0.717) is 19.4 Å². The van der Waals surface area contributed by atoms with Gasteiger partial charge in [0, 0.05) is 12.8 Å². The summed E-state index contributed by atoms with van der Waals surface area (Å²) in [6, 6.07) is -0.807. The number of unbranched alkanes of at least 4 members (excludes halogenated alkanes) is 43. The molecule has 11 heteroatoms. The van der Waals surface area contributed by atoms with E-state index in [1.165, 1.54) is 250 Å². The van der Waals surface area contributed by atoms with Crippen LogP contribution in [0.5, 0.6) is 0 Å². The van der Waals surface area contributed by atoms with Gasteiger partial charge in [0.05, 0.1) is 32.0 Å². The van der Waals surface area contributed by atoms with Crippen molar-refractivity contribution >= 4 is 11.9 Å². The van der Waals surface area contributed by atoms with Crippen LogP contribution in [0, 0.1) is 0 Å². The van der Waals surface area contributed by atoms with Gasteiger partial charge in [0.2, 0.25) is 5.91 Å². The summed E-state index contributed by atoms with van der Waals surface area (Å²) in [7, 11) is 0. The van der Waals surface area contributed by atoms with Gasteiger partial charge in [-0.2, -0.15) is 0 Å². The molecule has 0 saturated carbocycles. The first-order valence-electron chi connectivity index (χ1n) is 34.8. The Labute approximate surface area is 498 Å². The number of allylic oxidation sites excluding steroid dienone is 5. The molecule has 1 aliphatic rings. The molecule has 1 saturated heterocycles. The number of carbonyl (C=O) groups is 2. The maximum atomic E-state index is 13.0. The monoisotopic (exact) mass is 1150 g/mol. The van der Waals surface area contributed by atoms with Crippen molar-refractivity contribution in [1.29, 1.82) is 0 Å². The third-order valence-corrected chi connectivity index (χ3v) is 16.5. The van der Waals surface area contributed by atoms with Gasteiger partial charge in [-0.05, 0) is 77.0 Å². The molecule has 0 aromatic carbocycles. The third kappa shape index (κ3) is 48.8. The second kappa shape index (κ2) is 59.6. The molecule has 476 valence electrons. The highest BCUT2D eigenvalue weighted by molar-refractivity contribution is 5.76. The maximum absolute atomic E-state index is 13.0. The highest BCUT2D eigenvalue weighted by Gasteiger charge is 2.44. The second-order valence-corrected chi connectivity index (χ2v) is 24.2. The molecule has 0 aromatic rings. The van der Waals surface area contributed by atoms with Crippen LogP contribution in [0.3, 0.4) is 0 Å². The number of hydrogen-bond donors (Lipinski definition) is 6. The number of rotatable bonds is 61. The number of aliphatic hydroxyl groups is 5.